The van der Waals surface area contributed by atoms with Crippen LogP contribution in [-0.4, -0.2) is 67.5 Å². The summed E-state index contributed by atoms with van der Waals surface area (Å²) in [5.41, 5.74) is 4.85. The Balaban J connectivity index is 1.67. The number of morpholine rings is 1. The molecule has 7 nitrogen and oxygen atoms in total. The number of aromatic nitrogens is 2. The van der Waals surface area contributed by atoms with Gasteiger partial charge in [-0.1, -0.05) is 0 Å². The van der Waals surface area contributed by atoms with Crippen LogP contribution in [0.3, 0.4) is 0 Å². The van der Waals surface area contributed by atoms with Crippen LogP contribution in [0.5, 0.6) is 11.5 Å². The van der Waals surface area contributed by atoms with E-state index in [9.17, 15) is 4.79 Å². The first-order chi connectivity index (χ1) is 14.6. The highest BCUT2D eigenvalue weighted by Crippen LogP contribution is 2.45. The largest absolute Gasteiger partial charge is 0.497 e. The number of ether oxygens (including phenoxy) is 3. The zero-order valence-corrected chi connectivity index (χ0v) is 17.5. The lowest BCUT2D eigenvalue weighted by Gasteiger charge is -2.26. The van der Waals surface area contributed by atoms with Crippen LogP contribution in [-0.2, 0) is 11.3 Å². The van der Waals surface area contributed by atoms with Crippen molar-refractivity contribution < 1.29 is 19.0 Å². The van der Waals surface area contributed by atoms with Crippen molar-refractivity contribution in [3.8, 4) is 22.8 Å². The van der Waals surface area contributed by atoms with Gasteiger partial charge in [0.2, 0.25) is 0 Å². The Labute approximate surface area is 175 Å². The van der Waals surface area contributed by atoms with Crippen molar-refractivity contribution in [1.82, 2.24) is 14.7 Å². The van der Waals surface area contributed by atoms with E-state index < -0.39 is 0 Å². The van der Waals surface area contributed by atoms with Gasteiger partial charge < -0.3 is 14.2 Å². The van der Waals surface area contributed by atoms with E-state index in [4.69, 9.17) is 19.3 Å². The minimum Gasteiger partial charge on any atom is -0.497 e. The van der Waals surface area contributed by atoms with Crippen molar-refractivity contribution in [1.29, 1.82) is 0 Å². The Morgan fingerprint density at radius 2 is 1.83 bits per heavy atom. The van der Waals surface area contributed by atoms with Crippen molar-refractivity contribution >= 4 is 16.7 Å². The summed E-state index contributed by atoms with van der Waals surface area (Å²) in [5.74, 6) is 1.18. The van der Waals surface area contributed by atoms with Crippen molar-refractivity contribution in [3.63, 3.8) is 0 Å². The molecule has 0 bridgehead atoms. The maximum Gasteiger partial charge on any atom is 0.194 e. The van der Waals surface area contributed by atoms with Crippen molar-refractivity contribution in [2.24, 2.45) is 0 Å². The molecule has 2 heterocycles. The van der Waals surface area contributed by atoms with E-state index in [0.717, 1.165) is 67.1 Å². The van der Waals surface area contributed by atoms with E-state index in [1.54, 1.807) is 20.3 Å². The topological polar surface area (TPSA) is 65.8 Å². The fourth-order valence-electron chi connectivity index (χ4n) is 4.47. The van der Waals surface area contributed by atoms with Gasteiger partial charge in [0.15, 0.2) is 5.78 Å². The van der Waals surface area contributed by atoms with E-state index >= 15 is 0 Å². The Morgan fingerprint density at radius 1 is 1.03 bits per heavy atom. The third kappa shape index (κ3) is 2.97. The Morgan fingerprint density at radius 3 is 2.57 bits per heavy atom. The summed E-state index contributed by atoms with van der Waals surface area (Å²) in [6.07, 6.45) is 0. The molecule has 0 N–H and O–H groups in total. The van der Waals surface area contributed by atoms with Crippen LogP contribution in [0.4, 0.5) is 0 Å². The van der Waals surface area contributed by atoms with Gasteiger partial charge in [-0.05, 0) is 30.7 Å². The minimum atomic E-state index is -0.0175. The molecule has 1 aliphatic heterocycles. The molecule has 1 fully saturated rings. The van der Waals surface area contributed by atoms with Gasteiger partial charge in [-0.3, -0.25) is 14.4 Å². The van der Waals surface area contributed by atoms with E-state index in [-0.39, 0.29) is 5.78 Å². The van der Waals surface area contributed by atoms with Crippen molar-refractivity contribution in [3.05, 3.63) is 41.0 Å². The first kappa shape index (κ1) is 19.1. The molecule has 0 spiro atoms. The molecule has 2 aliphatic rings. The number of methoxy groups -OCH3 is 2. The lowest BCUT2D eigenvalue weighted by molar-refractivity contribution is 0.0361. The standard InChI is InChI=1S/C23H25N3O4/c1-14-10-16-20-18(11-14)26(5-4-25-6-8-30-9-7-25)24-22(20)21-17(23(16)27)12-15(28-2)13-19(21)29-3/h10-13H,4-9H2,1-3H3. The van der Waals surface area contributed by atoms with E-state index in [1.807, 2.05) is 23.7 Å². The molecule has 30 heavy (non-hydrogen) atoms. The summed E-state index contributed by atoms with van der Waals surface area (Å²) < 4.78 is 18.5. The monoisotopic (exact) mass is 407 g/mol. The van der Waals surface area contributed by atoms with Gasteiger partial charge in [0, 0.05) is 42.2 Å². The highest BCUT2D eigenvalue weighted by atomic mass is 16.5. The number of rotatable bonds is 5. The molecule has 1 aliphatic carbocycles. The first-order valence-electron chi connectivity index (χ1n) is 10.2. The minimum absolute atomic E-state index is 0.0175. The van der Waals surface area contributed by atoms with Gasteiger partial charge in [0.05, 0.1) is 45.1 Å². The summed E-state index contributed by atoms with van der Waals surface area (Å²) in [6.45, 7) is 7.08. The maximum absolute atomic E-state index is 13.4. The lowest BCUT2D eigenvalue weighted by Crippen LogP contribution is -2.38. The number of hydrogen-bond acceptors (Lipinski definition) is 6. The highest BCUT2D eigenvalue weighted by Gasteiger charge is 2.32. The molecule has 0 radical (unpaired) electrons. The second-order valence-electron chi connectivity index (χ2n) is 7.81. The number of hydrogen-bond donors (Lipinski definition) is 0. The number of carbonyl (C=O) groups excluding carboxylic acids is 1. The van der Waals surface area contributed by atoms with E-state index in [2.05, 4.69) is 11.0 Å². The average Bonchev–Trinajstić information content (AvgIpc) is 3.14. The molecule has 0 unspecified atom stereocenters. The summed E-state index contributed by atoms with van der Waals surface area (Å²) in [7, 11) is 3.20. The second-order valence-corrected chi connectivity index (χ2v) is 7.81. The summed E-state index contributed by atoms with van der Waals surface area (Å²) in [6, 6.07) is 7.66. The van der Waals surface area contributed by atoms with Crippen molar-refractivity contribution in [2.75, 3.05) is 47.1 Å². The van der Waals surface area contributed by atoms with Gasteiger partial charge in [-0.2, -0.15) is 5.10 Å². The van der Waals surface area contributed by atoms with Crippen LogP contribution in [0.2, 0.25) is 0 Å². The summed E-state index contributed by atoms with van der Waals surface area (Å²) in [4.78, 5) is 15.8. The number of carbonyl (C=O) groups is 1. The smallest absolute Gasteiger partial charge is 0.194 e. The predicted molar refractivity (Wildman–Crippen MR) is 114 cm³/mol. The number of fused-ring (bicyclic) bond motifs is 2. The van der Waals surface area contributed by atoms with Crippen LogP contribution in [0, 0.1) is 6.92 Å². The average molecular weight is 407 g/mol. The highest BCUT2D eigenvalue weighted by molar-refractivity contribution is 6.26. The number of ketones is 1. The number of benzene rings is 2. The SMILES string of the molecule is COc1cc(OC)c2c(c1)C(=O)c1cc(C)cc3c1c-2nn3CCN1CCOCC1. The predicted octanol–water partition coefficient (Wildman–Crippen LogP) is 2.91. The van der Waals surface area contributed by atoms with Gasteiger partial charge in [0.1, 0.15) is 17.2 Å². The molecule has 2 aromatic carbocycles. The van der Waals surface area contributed by atoms with E-state index in [1.165, 1.54) is 0 Å². The quantitative estimate of drug-likeness (QED) is 0.507. The molecule has 156 valence electrons. The Kier molecular flexibility index (Phi) is 4.72. The van der Waals surface area contributed by atoms with Gasteiger partial charge in [0.25, 0.3) is 0 Å². The molecule has 1 saturated heterocycles. The van der Waals surface area contributed by atoms with Crippen LogP contribution in [0.15, 0.2) is 24.3 Å². The zero-order chi connectivity index (χ0) is 20.8. The Bertz CT molecular complexity index is 1150. The fraction of sp³-hybridized carbons (Fsp3) is 0.391. The molecular weight excluding hydrogens is 382 g/mol. The zero-order valence-electron chi connectivity index (χ0n) is 17.5. The van der Waals surface area contributed by atoms with Gasteiger partial charge in [-0.15, -0.1) is 0 Å². The third-order valence-electron chi connectivity index (χ3n) is 5.99. The molecule has 0 atom stereocenters. The third-order valence-corrected chi connectivity index (χ3v) is 5.99. The Hall–Kier alpha value is -2.90. The van der Waals surface area contributed by atoms with E-state index in [0.29, 0.717) is 22.6 Å². The molecule has 0 amide bonds. The number of nitrogens with zero attached hydrogens (tertiary/aromatic N) is 3. The van der Waals surface area contributed by atoms with Gasteiger partial charge in [-0.25, -0.2) is 0 Å². The molecule has 7 heteroatoms. The number of aryl methyl sites for hydroxylation is 1. The van der Waals surface area contributed by atoms with Crippen molar-refractivity contribution in [2.45, 2.75) is 13.5 Å². The van der Waals surface area contributed by atoms with Crippen LogP contribution < -0.4 is 9.47 Å². The van der Waals surface area contributed by atoms with Crippen LogP contribution >= 0.6 is 0 Å². The maximum atomic E-state index is 13.4. The summed E-state index contributed by atoms with van der Waals surface area (Å²) >= 11 is 0. The molecule has 0 saturated carbocycles. The molecule has 5 rings (SSSR count). The van der Waals surface area contributed by atoms with Crippen LogP contribution in [0.1, 0.15) is 21.5 Å². The first-order valence-corrected chi connectivity index (χ1v) is 10.2. The molecule has 3 aromatic rings. The normalized spacial score (nSPS) is 16.0. The second kappa shape index (κ2) is 7.41. The fourth-order valence-corrected chi connectivity index (χ4v) is 4.47. The molecule has 1 aromatic heterocycles. The molecular formula is C23H25N3O4. The lowest BCUT2D eigenvalue weighted by atomic mass is 9.86. The van der Waals surface area contributed by atoms with Crippen LogP contribution in [0.25, 0.3) is 22.2 Å². The summed E-state index contributed by atoms with van der Waals surface area (Å²) in [5, 5.41) is 5.88. The van der Waals surface area contributed by atoms with Gasteiger partial charge >= 0.3 is 0 Å².